The smallest absolute Gasteiger partial charge is 0.0893 e. The van der Waals surface area contributed by atoms with Crippen molar-refractivity contribution in [2.75, 3.05) is 18.0 Å². The summed E-state index contributed by atoms with van der Waals surface area (Å²) in [4.78, 5) is 2.34. The van der Waals surface area contributed by atoms with Gasteiger partial charge in [-0.1, -0.05) is 54.6 Å². The highest BCUT2D eigenvalue weighted by molar-refractivity contribution is 6.07. The van der Waals surface area contributed by atoms with Crippen LogP contribution in [0, 0.1) is 0 Å². The minimum atomic E-state index is -0.421. The first-order valence-corrected chi connectivity index (χ1v) is 9.78. The topological polar surface area (TPSA) is 28.4 Å². The van der Waals surface area contributed by atoms with E-state index in [1.54, 1.807) is 0 Å². The molecule has 4 aromatic rings. The molecule has 3 aromatic carbocycles. The maximum atomic E-state index is 11.0. The summed E-state index contributed by atoms with van der Waals surface area (Å²) in [6, 6.07) is 25.5. The van der Waals surface area contributed by atoms with Gasteiger partial charge in [0.25, 0.3) is 0 Å². The van der Waals surface area contributed by atoms with Crippen LogP contribution in [0.3, 0.4) is 0 Å². The van der Waals surface area contributed by atoms with Gasteiger partial charge in [-0.2, -0.15) is 0 Å². The number of hydrogen-bond donors (Lipinski definition) is 1. The molecule has 0 fully saturated rings. The second-order valence-electron chi connectivity index (χ2n) is 7.48. The number of aryl methyl sites for hydroxylation is 1. The fourth-order valence-corrected chi connectivity index (χ4v) is 4.52. The lowest BCUT2D eigenvalue weighted by Gasteiger charge is -2.33. The van der Waals surface area contributed by atoms with Gasteiger partial charge in [0.05, 0.1) is 12.6 Å². The molecule has 1 unspecified atom stereocenters. The van der Waals surface area contributed by atoms with E-state index in [4.69, 9.17) is 0 Å². The minimum absolute atomic E-state index is 0.421. The van der Waals surface area contributed by atoms with Crippen LogP contribution in [0.5, 0.6) is 0 Å². The Kier molecular flexibility index (Phi) is 4.10. The monoisotopic (exact) mass is 356 g/mol. The molecule has 1 N–H and O–H groups in total. The Bertz CT molecular complexity index is 1040. The lowest BCUT2D eigenvalue weighted by molar-refractivity contribution is 0.161. The average molecular weight is 356 g/mol. The number of rotatable bonds is 4. The summed E-state index contributed by atoms with van der Waals surface area (Å²) >= 11 is 0. The van der Waals surface area contributed by atoms with Crippen LogP contribution in [0.4, 0.5) is 5.69 Å². The number of aliphatic hydroxyl groups excluding tert-OH is 1. The van der Waals surface area contributed by atoms with Crippen molar-refractivity contribution in [2.45, 2.75) is 25.5 Å². The van der Waals surface area contributed by atoms with Gasteiger partial charge in [-0.15, -0.1) is 0 Å². The number of benzene rings is 3. The van der Waals surface area contributed by atoms with Crippen molar-refractivity contribution in [3.05, 3.63) is 78.4 Å². The number of aromatic nitrogens is 1. The zero-order valence-electron chi connectivity index (χ0n) is 15.4. The Morgan fingerprint density at radius 2 is 1.41 bits per heavy atom. The second kappa shape index (κ2) is 6.75. The molecule has 0 saturated carbocycles. The summed E-state index contributed by atoms with van der Waals surface area (Å²) < 4.78 is 2.27. The molecule has 1 aliphatic rings. The standard InChI is InChI=1S/C24H24N2O/c27-19(16-25-15-7-9-18-8-1-4-12-22(18)25)17-26-23-13-5-2-10-20(23)21-11-3-6-14-24(21)26/h1-6,8,10-14,19,27H,7,9,15-17H2. The summed E-state index contributed by atoms with van der Waals surface area (Å²) in [5.41, 5.74) is 5.06. The van der Waals surface area contributed by atoms with Crippen LogP contribution in [0.2, 0.25) is 0 Å². The van der Waals surface area contributed by atoms with Gasteiger partial charge in [0.15, 0.2) is 0 Å². The summed E-state index contributed by atoms with van der Waals surface area (Å²) in [6.45, 7) is 2.28. The summed E-state index contributed by atoms with van der Waals surface area (Å²) in [6.07, 6.45) is 1.87. The predicted molar refractivity (Wildman–Crippen MR) is 112 cm³/mol. The van der Waals surface area contributed by atoms with E-state index in [2.05, 4.69) is 82.3 Å². The van der Waals surface area contributed by atoms with Gasteiger partial charge in [-0.3, -0.25) is 0 Å². The Balaban J connectivity index is 1.46. The molecule has 1 atom stereocenters. The predicted octanol–water partition coefficient (Wildman–Crippen LogP) is 4.61. The Morgan fingerprint density at radius 3 is 2.15 bits per heavy atom. The average Bonchev–Trinajstić information content (AvgIpc) is 3.02. The van der Waals surface area contributed by atoms with Crippen LogP contribution < -0.4 is 4.90 Å². The van der Waals surface area contributed by atoms with Crippen molar-refractivity contribution in [2.24, 2.45) is 0 Å². The summed E-state index contributed by atoms with van der Waals surface area (Å²) in [5.74, 6) is 0. The van der Waals surface area contributed by atoms with E-state index in [0.29, 0.717) is 13.1 Å². The van der Waals surface area contributed by atoms with Crippen LogP contribution in [0.1, 0.15) is 12.0 Å². The van der Waals surface area contributed by atoms with Crippen molar-refractivity contribution in [1.29, 1.82) is 0 Å². The van der Waals surface area contributed by atoms with E-state index < -0.39 is 6.10 Å². The molecule has 27 heavy (non-hydrogen) atoms. The van der Waals surface area contributed by atoms with Gasteiger partial charge in [-0.25, -0.2) is 0 Å². The number of hydrogen-bond acceptors (Lipinski definition) is 2. The van der Waals surface area contributed by atoms with E-state index >= 15 is 0 Å². The summed E-state index contributed by atoms with van der Waals surface area (Å²) in [7, 11) is 0. The number of para-hydroxylation sites is 3. The quantitative estimate of drug-likeness (QED) is 0.578. The molecule has 1 aliphatic heterocycles. The molecule has 0 bridgehead atoms. The number of anilines is 1. The zero-order valence-corrected chi connectivity index (χ0v) is 15.4. The lowest BCUT2D eigenvalue weighted by Crippen LogP contribution is -2.38. The van der Waals surface area contributed by atoms with Crippen molar-refractivity contribution in [3.8, 4) is 0 Å². The SMILES string of the molecule is OC(CN1CCCc2ccccc21)Cn1c2ccccc2c2ccccc21. The number of aliphatic hydroxyl groups is 1. The van der Waals surface area contributed by atoms with E-state index in [1.807, 2.05) is 0 Å². The number of nitrogens with zero attached hydrogens (tertiary/aromatic N) is 2. The summed E-state index contributed by atoms with van der Waals surface area (Å²) in [5, 5.41) is 13.5. The molecule has 0 amide bonds. The van der Waals surface area contributed by atoms with Crippen molar-refractivity contribution >= 4 is 27.5 Å². The largest absolute Gasteiger partial charge is 0.389 e. The molecule has 0 radical (unpaired) electrons. The van der Waals surface area contributed by atoms with Crippen LogP contribution in [-0.2, 0) is 13.0 Å². The van der Waals surface area contributed by atoms with Gasteiger partial charge in [-0.05, 0) is 36.6 Å². The molecule has 136 valence electrons. The molecule has 0 saturated heterocycles. The third-order valence-corrected chi connectivity index (χ3v) is 5.71. The molecule has 0 spiro atoms. The molecular weight excluding hydrogens is 332 g/mol. The molecule has 3 nitrogen and oxygen atoms in total. The highest BCUT2D eigenvalue weighted by Gasteiger charge is 2.20. The zero-order chi connectivity index (χ0) is 18.2. The molecule has 1 aromatic heterocycles. The molecule has 2 heterocycles. The maximum absolute atomic E-state index is 11.0. The first kappa shape index (κ1) is 16.4. The highest BCUT2D eigenvalue weighted by Crippen LogP contribution is 2.30. The van der Waals surface area contributed by atoms with Crippen molar-refractivity contribution in [3.63, 3.8) is 0 Å². The van der Waals surface area contributed by atoms with E-state index in [1.165, 1.54) is 33.1 Å². The molecular formula is C24H24N2O. The number of fused-ring (bicyclic) bond motifs is 4. The molecule has 3 heteroatoms. The van der Waals surface area contributed by atoms with Crippen molar-refractivity contribution in [1.82, 2.24) is 4.57 Å². The fraction of sp³-hybridized carbons (Fsp3) is 0.250. The molecule has 5 rings (SSSR count). The Morgan fingerprint density at radius 1 is 0.778 bits per heavy atom. The van der Waals surface area contributed by atoms with Gasteiger partial charge in [0.1, 0.15) is 0 Å². The van der Waals surface area contributed by atoms with Gasteiger partial charge >= 0.3 is 0 Å². The normalized spacial score (nSPS) is 15.2. The third-order valence-electron chi connectivity index (χ3n) is 5.71. The molecule has 0 aliphatic carbocycles. The van der Waals surface area contributed by atoms with Crippen LogP contribution in [0.15, 0.2) is 72.8 Å². The van der Waals surface area contributed by atoms with Crippen LogP contribution >= 0.6 is 0 Å². The second-order valence-corrected chi connectivity index (χ2v) is 7.48. The highest BCUT2D eigenvalue weighted by atomic mass is 16.3. The van der Waals surface area contributed by atoms with Gasteiger partial charge < -0.3 is 14.6 Å². The van der Waals surface area contributed by atoms with Crippen LogP contribution in [-0.4, -0.2) is 28.9 Å². The van der Waals surface area contributed by atoms with E-state index in [9.17, 15) is 5.11 Å². The minimum Gasteiger partial charge on any atom is -0.389 e. The van der Waals surface area contributed by atoms with Gasteiger partial charge in [0.2, 0.25) is 0 Å². The van der Waals surface area contributed by atoms with E-state index in [0.717, 1.165) is 19.4 Å². The van der Waals surface area contributed by atoms with Crippen LogP contribution in [0.25, 0.3) is 21.8 Å². The van der Waals surface area contributed by atoms with Crippen molar-refractivity contribution < 1.29 is 5.11 Å². The first-order valence-electron chi connectivity index (χ1n) is 9.78. The van der Waals surface area contributed by atoms with Gasteiger partial charge in [0, 0.05) is 40.6 Å². The lowest BCUT2D eigenvalue weighted by atomic mass is 10.0. The Labute approximate surface area is 159 Å². The fourth-order valence-electron chi connectivity index (χ4n) is 4.52. The number of β-amino-alcohol motifs (C(OH)–C–C–N with tert-alkyl or cyclic N) is 1. The van der Waals surface area contributed by atoms with E-state index in [-0.39, 0.29) is 0 Å². The third kappa shape index (κ3) is 2.88. The maximum Gasteiger partial charge on any atom is 0.0893 e. The Hall–Kier alpha value is -2.78. The first-order chi connectivity index (χ1) is 13.3.